The Morgan fingerprint density at radius 3 is 2.52 bits per heavy atom. The highest BCUT2D eigenvalue weighted by Crippen LogP contribution is 2.26. The molecule has 2 aromatic carbocycles. The van der Waals surface area contributed by atoms with Gasteiger partial charge in [0.2, 0.25) is 0 Å². The molecule has 0 aliphatic heterocycles. The van der Waals surface area contributed by atoms with E-state index < -0.39 is 18.0 Å². The third kappa shape index (κ3) is 6.15. The van der Waals surface area contributed by atoms with Crippen molar-refractivity contribution in [1.29, 1.82) is 0 Å². The predicted octanol–water partition coefficient (Wildman–Crippen LogP) is 4.35. The van der Waals surface area contributed by atoms with Crippen LogP contribution in [0.2, 0.25) is 10.0 Å². The van der Waals surface area contributed by atoms with E-state index in [1.165, 1.54) is 6.92 Å². The summed E-state index contributed by atoms with van der Waals surface area (Å²) in [6, 6.07) is 11.8. The summed E-state index contributed by atoms with van der Waals surface area (Å²) in [5, 5.41) is 3.75. The van der Waals surface area contributed by atoms with Crippen molar-refractivity contribution in [2.45, 2.75) is 32.4 Å². The van der Waals surface area contributed by atoms with Crippen LogP contribution in [0, 0.1) is 0 Å². The second-order valence-corrected chi connectivity index (χ2v) is 6.90. The number of amides is 1. The lowest BCUT2D eigenvalue weighted by Crippen LogP contribution is -2.37. The van der Waals surface area contributed by atoms with Gasteiger partial charge in [0.05, 0.1) is 19.6 Å². The van der Waals surface area contributed by atoms with Gasteiger partial charge in [-0.3, -0.25) is 9.59 Å². The largest absolute Gasteiger partial charge is 0.497 e. The summed E-state index contributed by atoms with van der Waals surface area (Å²) in [5.41, 5.74) is 1.47. The maximum Gasteiger partial charge on any atom is 0.311 e. The molecule has 0 fully saturated rings. The molecule has 1 amide bonds. The predicted molar refractivity (Wildman–Crippen MR) is 105 cm³/mol. The number of carbonyl (C=O) groups is 2. The molecule has 0 spiro atoms. The topological polar surface area (TPSA) is 64.6 Å². The summed E-state index contributed by atoms with van der Waals surface area (Å²) < 4.78 is 10.4. The van der Waals surface area contributed by atoms with Crippen LogP contribution in [0.4, 0.5) is 0 Å². The minimum absolute atomic E-state index is 0.0490. The number of nitrogens with one attached hydrogen (secondary N) is 1. The summed E-state index contributed by atoms with van der Waals surface area (Å²) in [6.45, 7) is 3.31. The molecule has 1 N–H and O–H groups in total. The standard InChI is InChI=1S/C20H21Cl2NO4/c1-12(17-8-7-15(21)11-18(17)22)23-20(25)13(2)27-19(24)10-14-5-4-6-16(9-14)26-3/h4-9,11-13H,10H2,1-3H3,(H,23,25)/t12-,13-/m1/s1. The molecule has 2 atom stereocenters. The summed E-state index contributed by atoms with van der Waals surface area (Å²) >= 11 is 12.0. The van der Waals surface area contributed by atoms with Crippen LogP contribution in [-0.4, -0.2) is 25.1 Å². The Hall–Kier alpha value is -2.24. The maximum atomic E-state index is 12.3. The maximum absolute atomic E-state index is 12.3. The number of benzene rings is 2. The van der Waals surface area contributed by atoms with E-state index in [1.54, 1.807) is 56.5 Å². The number of ether oxygens (including phenoxy) is 2. The summed E-state index contributed by atoms with van der Waals surface area (Å²) in [4.78, 5) is 24.4. The van der Waals surface area contributed by atoms with Gasteiger partial charge in [0.15, 0.2) is 6.10 Å². The highest BCUT2D eigenvalue weighted by Gasteiger charge is 2.21. The first-order valence-electron chi connectivity index (χ1n) is 8.38. The number of hydrogen-bond acceptors (Lipinski definition) is 4. The Bertz CT molecular complexity index is 825. The smallest absolute Gasteiger partial charge is 0.311 e. The molecular formula is C20H21Cl2NO4. The first-order valence-corrected chi connectivity index (χ1v) is 9.13. The number of rotatable bonds is 7. The van der Waals surface area contributed by atoms with Crippen molar-refractivity contribution in [2.75, 3.05) is 7.11 Å². The van der Waals surface area contributed by atoms with Gasteiger partial charge >= 0.3 is 5.97 Å². The van der Waals surface area contributed by atoms with Crippen LogP contribution in [0.25, 0.3) is 0 Å². The van der Waals surface area contributed by atoms with Crippen molar-refractivity contribution in [3.05, 3.63) is 63.6 Å². The quantitative estimate of drug-likeness (QED) is 0.690. The highest BCUT2D eigenvalue weighted by molar-refractivity contribution is 6.35. The van der Waals surface area contributed by atoms with Crippen LogP contribution in [0.15, 0.2) is 42.5 Å². The van der Waals surface area contributed by atoms with Crippen LogP contribution in [0.1, 0.15) is 31.0 Å². The molecule has 0 saturated heterocycles. The Kier molecular flexibility index (Phi) is 7.51. The molecule has 0 aliphatic carbocycles. The molecule has 144 valence electrons. The molecule has 0 radical (unpaired) electrons. The Morgan fingerprint density at radius 1 is 1.11 bits per heavy atom. The lowest BCUT2D eigenvalue weighted by atomic mass is 10.1. The van der Waals surface area contributed by atoms with Gasteiger partial charge < -0.3 is 14.8 Å². The average Bonchev–Trinajstić information content (AvgIpc) is 2.61. The lowest BCUT2D eigenvalue weighted by Gasteiger charge is -2.19. The van der Waals surface area contributed by atoms with Gasteiger partial charge in [-0.2, -0.15) is 0 Å². The van der Waals surface area contributed by atoms with Gasteiger partial charge in [0, 0.05) is 10.0 Å². The van der Waals surface area contributed by atoms with Crippen LogP contribution in [0.5, 0.6) is 5.75 Å². The minimum Gasteiger partial charge on any atom is -0.497 e. The van der Waals surface area contributed by atoms with Crippen molar-refractivity contribution in [3.8, 4) is 5.75 Å². The average molecular weight is 410 g/mol. The van der Waals surface area contributed by atoms with Crippen molar-refractivity contribution in [2.24, 2.45) is 0 Å². The Balaban J connectivity index is 1.91. The van der Waals surface area contributed by atoms with E-state index in [0.717, 1.165) is 11.1 Å². The SMILES string of the molecule is COc1cccc(CC(=O)O[C@H](C)C(=O)N[C@H](C)c2ccc(Cl)cc2Cl)c1. The van der Waals surface area contributed by atoms with Crippen LogP contribution in [0.3, 0.4) is 0 Å². The fraction of sp³-hybridized carbons (Fsp3) is 0.300. The van der Waals surface area contributed by atoms with E-state index >= 15 is 0 Å². The fourth-order valence-corrected chi connectivity index (χ4v) is 3.07. The van der Waals surface area contributed by atoms with E-state index in [1.807, 2.05) is 0 Å². The van der Waals surface area contributed by atoms with E-state index in [4.69, 9.17) is 32.7 Å². The zero-order valence-electron chi connectivity index (χ0n) is 15.3. The van der Waals surface area contributed by atoms with Crippen molar-refractivity contribution >= 4 is 35.1 Å². The molecule has 2 aromatic rings. The summed E-state index contributed by atoms with van der Waals surface area (Å²) in [5.74, 6) is -0.254. The Morgan fingerprint density at radius 2 is 1.85 bits per heavy atom. The number of esters is 1. The van der Waals surface area contributed by atoms with Gasteiger partial charge in [0.1, 0.15) is 5.75 Å². The first-order chi connectivity index (χ1) is 12.8. The second kappa shape index (κ2) is 9.62. The van der Waals surface area contributed by atoms with Gasteiger partial charge in [-0.05, 0) is 49.2 Å². The molecule has 5 nitrogen and oxygen atoms in total. The van der Waals surface area contributed by atoms with E-state index in [-0.39, 0.29) is 12.5 Å². The van der Waals surface area contributed by atoms with Crippen molar-refractivity contribution < 1.29 is 19.1 Å². The molecule has 2 rings (SSSR count). The van der Waals surface area contributed by atoms with Crippen LogP contribution < -0.4 is 10.1 Å². The van der Waals surface area contributed by atoms with Crippen LogP contribution >= 0.6 is 23.2 Å². The van der Waals surface area contributed by atoms with E-state index in [2.05, 4.69) is 5.32 Å². The molecule has 0 aromatic heterocycles. The molecule has 0 unspecified atom stereocenters. The molecule has 0 aliphatic rings. The van der Waals surface area contributed by atoms with Gasteiger partial charge in [0.25, 0.3) is 5.91 Å². The summed E-state index contributed by atoms with van der Waals surface area (Å²) in [6.07, 6.45) is -0.885. The van der Waals surface area contributed by atoms with Crippen LogP contribution in [-0.2, 0) is 20.7 Å². The molecule has 0 bridgehead atoms. The highest BCUT2D eigenvalue weighted by atomic mass is 35.5. The number of methoxy groups -OCH3 is 1. The normalized spacial score (nSPS) is 12.8. The lowest BCUT2D eigenvalue weighted by molar-refractivity contribution is -0.154. The minimum atomic E-state index is -0.934. The van der Waals surface area contributed by atoms with Gasteiger partial charge in [-0.25, -0.2) is 0 Å². The number of carbonyl (C=O) groups excluding carboxylic acids is 2. The van der Waals surface area contributed by atoms with Gasteiger partial charge in [-0.1, -0.05) is 41.4 Å². The Labute approximate surface area is 168 Å². The number of hydrogen-bond donors (Lipinski definition) is 1. The third-order valence-corrected chi connectivity index (χ3v) is 4.51. The molecule has 0 heterocycles. The fourth-order valence-electron chi connectivity index (χ4n) is 2.50. The molecule has 27 heavy (non-hydrogen) atoms. The molecule has 7 heteroatoms. The molecule has 0 saturated carbocycles. The van der Waals surface area contributed by atoms with Crippen molar-refractivity contribution in [1.82, 2.24) is 5.32 Å². The van der Waals surface area contributed by atoms with Crippen molar-refractivity contribution in [3.63, 3.8) is 0 Å². The van der Waals surface area contributed by atoms with Gasteiger partial charge in [-0.15, -0.1) is 0 Å². The first kappa shape index (κ1) is 21.1. The zero-order valence-corrected chi connectivity index (χ0v) is 16.8. The zero-order chi connectivity index (χ0) is 20.0. The van der Waals surface area contributed by atoms with E-state index in [9.17, 15) is 9.59 Å². The molecular weight excluding hydrogens is 389 g/mol. The van der Waals surface area contributed by atoms with E-state index in [0.29, 0.717) is 15.8 Å². The third-order valence-electron chi connectivity index (χ3n) is 3.95. The summed E-state index contributed by atoms with van der Waals surface area (Å²) in [7, 11) is 1.55. The number of halogens is 2. The second-order valence-electron chi connectivity index (χ2n) is 6.06. The monoisotopic (exact) mass is 409 g/mol.